The molecule has 0 amide bonds. The molecule has 0 spiro atoms. The van der Waals surface area contributed by atoms with Crippen molar-refractivity contribution in [2.45, 2.75) is 37.8 Å². The van der Waals surface area contributed by atoms with Crippen molar-refractivity contribution in [3.8, 4) is 11.3 Å². The number of hydrogen-bond donors (Lipinski definition) is 1. The highest BCUT2D eigenvalue weighted by Crippen LogP contribution is 2.24. The molecule has 2 aromatic rings. The van der Waals surface area contributed by atoms with E-state index in [2.05, 4.69) is 14.9 Å². The number of nitrogens with zero attached hydrogens (tertiary/aromatic N) is 4. The lowest BCUT2D eigenvalue weighted by Gasteiger charge is -2.39. The minimum absolute atomic E-state index is 0.0232. The third-order valence-electron chi connectivity index (χ3n) is 5.82. The first kappa shape index (κ1) is 19.2. The lowest BCUT2D eigenvalue weighted by Crippen LogP contribution is -2.50. The molecule has 4 heterocycles. The third kappa shape index (κ3) is 4.66. The SMILES string of the molecule is O=c1cc(-c2cccnc2)ncn1CC1CCN(CC2(O)CCCOC2)CC1. The molecule has 0 aliphatic carbocycles. The third-order valence-corrected chi connectivity index (χ3v) is 5.82. The molecule has 0 bridgehead atoms. The zero-order valence-electron chi connectivity index (χ0n) is 16.2. The van der Waals surface area contributed by atoms with Crippen LogP contribution in [-0.2, 0) is 11.3 Å². The van der Waals surface area contributed by atoms with E-state index >= 15 is 0 Å². The predicted molar refractivity (Wildman–Crippen MR) is 106 cm³/mol. The van der Waals surface area contributed by atoms with E-state index in [1.165, 1.54) is 0 Å². The van der Waals surface area contributed by atoms with Gasteiger partial charge in [0.1, 0.15) is 5.60 Å². The molecule has 1 atom stereocenters. The van der Waals surface area contributed by atoms with Crippen LogP contribution in [0.15, 0.2) is 41.7 Å². The molecule has 150 valence electrons. The zero-order chi connectivity index (χ0) is 19.4. The largest absolute Gasteiger partial charge is 0.386 e. The fourth-order valence-corrected chi connectivity index (χ4v) is 4.22. The second kappa shape index (κ2) is 8.51. The summed E-state index contributed by atoms with van der Waals surface area (Å²) in [7, 11) is 0. The Bertz CT molecular complexity index is 825. The first-order valence-corrected chi connectivity index (χ1v) is 10.1. The van der Waals surface area contributed by atoms with Crippen molar-refractivity contribution in [3.05, 3.63) is 47.3 Å². The summed E-state index contributed by atoms with van der Waals surface area (Å²) in [6, 6.07) is 5.33. The van der Waals surface area contributed by atoms with Crippen molar-refractivity contribution in [2.24, 2.45) is 5.92 Å². The number of aromatic nitrogens is 3. The molecule has 0 saturated carbocycles. The number of piperidine rings is 1. The molecule has 2 aliphatic heterocycles. The molecule has 0 aromatic carbocycles. The Hall–Kier alpha value is -2.09. The number of likely N-dealkylation sites (tertiary alicyclic amines) is 1. The minimum atomic E-state index is -0.700. The van der Waals surface area contributed by atoms with E-state index in [4.69, 9.17) is 4.74 Å². The van der Waals surface area contributed by atoms with Crippen LogP contribution in [0.5, 0.6) is 0 Å². The van der Waals surface area contributed by atoms with Crippen LogP contribution < -0.4 is 5.56 Å². The van der Waals surface area contributed by atoms with Crippen LogP contribution in [-0.4, -0.2) is 63.0 Å². The second-order valence-corrected chi connectivity index (χ2v) is 8.11. The highest BCUT2D eigenvalue weighted by molar-refractivity contribution is 5.56. The van der Waals surface area contributed by atoms with Crippen LogP contribution >= 0.6 is 0 Å². The summed E-state index contributed by atoms with van der Waals surface area (Å²) in [6.07, 6.45) is 8.86. The molecule has 2 aromatic heterocycles. The van der Waals surface area contributed by atoms with Gasteiger partial charge in [0.25, 0.3) is 5.56 Å². The maximum absolute atomic E-state index is 12.5. The molecule has 4 rings (SSSR count). The Morgan fingerprint density at radius 3 is 2.86 bits per heavy atom. The van der Waals surface area contributed by atoms with Gasteiger partial charge in [-0.1, -0.05) is 0 Å². The molecule has 0 radical (unpaired) electrons. The molecule has 28 heavy (non-hydrogen) atoms. The summed E-state index contributed by atoms with van der Waals surface area (Å²) in [4.78, 5) is 23.4. The van der Waals surface area contributed by atoms with Crippen LogP contribution in [0.1, 0.15) is 25.7 Å². The molecule has 1 N–H and O–H groups in total. The van der Waals surface area contributed by atoms with E-state index in [1.807, 2.05) is 12.1 Å². The van der Waals surface area contributed by atoms with E-state index in [9.17, 15) is 9.90 Å². The van der Waals surface area contributed by atoms with Crippen molar-refractivity contribution in [1.29, 1.82) is 0 Å². The Balaban J connectivity index is 1.32. The van der Waals surface area contributed by atoms with Gasteiger partial charge in [-0.15, -0.1) is 0 Å². The van der Waals surface area contributed by atoms with Gasteiger partial charge in [-0.2, -0.15) is 0 Å². The van der Waals surface area contributed by atoms with E-state index in [1.54, 1.807) is 29.4 Å². The van der Waals surface area contributed by atoms with Crippen LogP contribution in [0.25, 0.3) is 11.3 Å². The normalized spacial score (nSPS) is 24.3. The topological polar surface area (TPSA) is 80.5 Å². The lowest BCUT2D eigenvalue weighted by molar-refractivity contribution is -0.103. The van der Waals surface area contributed by atoms with Gasteiger partial charge in [0, 0.05) is 43.7 Å². The predicted octanol–water partition coefficient (Wildman–Crippen LogP) is 1.56. The molecule has 2 fully saturated rings. The van der Waals surface area contributed by atoms with E-state index in [-0.39, 0.29) is 5.56 Å². The van der Waals surface area contributed by atoms with E-state index < -0.39 is 5.60 Å². The number of aliphatic hydroxyl groups is 1. The van der Waals surface area contributed by atoms with Crippen LogP contribution in [0, 0.1) is 5.92 Å². The van der Waals surface area contributed by atoms with Gasteiger partial charge in [0.05, 0.1) is 18.6 Å². The van der Waals surface area contributed by atoms with Crippen molar-refractivity contribution in [2.75, 3.05) is 32.8 Å². The monoisotopic (exact) mass is 384 g/mol. The number of β-amino-alcohol motifs (C(OH)–C–C–N with tert-alkyl or cyclic N) is 1. The molecule has 7 nitrogen and oxygen atoms in total. The van der Waals surface area contributed by atoms with Gasteiger partial charge < -0.3 is 14.7 Å². The minimum Gasteiger partial charge on any atom is -0.386 e. The van der Waals surface area contributed by atoms with Crippen molar-refractivity contribution >= 4 is 0 Å². The number of rotatable bonds is 5. The first-order valence-electron chi connectivity index (χ1n) is 10.1. The Morgan fingerprint density at radius 1 is 1.32 bits per heavy atom. The average molecular weight is 384 g/mol. The zero-order valence-corrected chi connectivity index (χ0v) is 16.2. The summed E-state index contributed by atoms with van der Waals surface area (Å²) in [6.45, 7) is 4.47. The summed E-state index contributed by atoms with van der Waals surface area (Å²) >= 11 is 0. The molecule has 2 aliphatic rings. The quantitative estimate of drug-likeness (QED) is 0.843. The maximum Gasteiger partial charge on any atom is 0.253 e. The average Bonchev–Trinajstić information content (AvgIpc) is 2.72. The van der Waals surface area contributed by atoms with Gasteiger partial charge in [0.15, 0.2) is 0 Å². The fraction of sp³-hybridized carbons (Fsp3) is 0.571. The number of pyridine rings is 1. The first-order chi connectivity index (χ1) is 13.6. The van der Waals surface area contributed by atoms with Gasteiger partial charge >= 0.3 is 0 Å². The van der Waals surface area contributed by atoms with E-state index in [0.29, 0.717) is 31.3 Å². The second-order valence-electron chi connectivity index (χ2n) is 8.11. The molecule has 7 heteroatoms. The van der Waals surface area contributed by atoms with E-state index in [0.717, 1.165) is 50.9 Å². The van der Waals surface area contributed by atoms with Crippen LogP contribution in [0.4, 0.5) is 0 Å². The molecular formula is C21H28N4O3. The Kier molecular flexibility index (Phi) is 5.85. The van der Waals surface area contributed by atoms with Crippen molar-refractivity contribution in [1.82, 2.24) is 19.4 Å². The van der Waals surface area contributed by atoms with Crippen LogP contribution in [0.3, 0.4) is 0 Å². The number of hydrogen-bond acceptors (Lipinski definition) is 6. The van der Waals surface area contributed by atoms with Gasteiger partial charge in [-0.3, -0.25) is 14.3 Å². The van der Waals surface area contributed by atoms with Gasteiger partial charge in [-0.25, -0.2) is 4.98 Å². The van der Waals surface area contributed by atoms with Crippen molar-refractivity contribution in [3.63, 3.8) is 0 Å². The molecule has 1 unspecified atom stereocenters. The fourth-order valence-electron chi connectivity index (χ4n) is 4.22. The molecule has 2 saturated heterocycles. The van der Waals surface area contributed by atoms with Gasteiger partial charge in [0.2, 0.25) is 0 Å². The summed E-state index contributed by atoms with van der Waals surface area (Å²) in [5, 5.41) is 10.7. The standard InChI is InChI=1S/C21H28N4O3/c26-20-11-19(18-3-1-7-22-12-18)23-16-25(20)13-17-4-8-24(9-5-17)14-21(27)6-2-10-28-15-21/h1,3,7,11-12,16-17,27H,2,4-6,8-10,13-15H2. The highest BCUT2D eigenvalue weighted by atomic mass is 16.5. The summed E-state index contributed by atoms with van der Waals surface area (Å²) in [5.41, 5.74) is 0.787. The maximum atomic E-state index is 12.5. The van der Waals surface area contributed by atoms with Crippen molar-refractivity contribution < 1.29 is 9.84 Å². The van der Waals surface area contributed by atoms with Crippen LogP contribution in [0.2, 0.25) is 0 Å². The summed E-state index contributed by atoms with van der Waals surface area (Å²) in [5.74, 6) is 0.456. The Morgan fingerprint density at radius 2 is 2.18 bits per heavy atom. The highest BCUT2D eigenvalue weighted by Gasteiger charge is 2.33. The Labute approximate surface area is 165 Å². The number of ether oxygens (including phenoxy) is 1. The lowest BCUT2D eigenvalue weighted by atomic mass is 9.92. The summed E-state index contributed by atoms with van der Waals surface area (Å²) < 4.78 is 7.17. The molecular weight excluding hydrogens is 356 g/mol. The smallest absolute Gasteiger partial charge is 0.253 e. The van der Waals surface area contributed by atoms with Gasteiger partial charge in [-0.05, 0) is 56.8 Å².